The summed E-state index contributed by atoms with van der Waals surface area (Å²) in [5.41, 5.74) is 3.07. The van der Waals surface area contributed by atoms with Gasteiger partial charge in [0.2, 0.25) is 5.91 Å². The standard InChI is InChI=1S/C16H22N2O.C2HF3O2/c1-13-4-2-3-5-14(13)11-18-8-6-16(7-9-18)10-15(19)17-12-16;3-2(4,5)1(6)7/h2-5H,6-12H2,1H3,(H,17,19);(H,6,7). The summed E-state index contributed by atoms with van der Waals surface area (Å²) >= 11 is 0. The van der Waals surface area contributed by atoms with E-state index in [1.807, 2.05) is 0 Å². The fourth-order valence-electron chi connectivity index (χ4n) is 3.32. The highest BCUT2D eigenvalue weighted by molar-refractivity contribution is 5.79. The van der Waals surface area contributed by atoms with Crippen molar-refractivity contribution in [3.63, 3.8) is 0 Å². The van der Waals surface area contributed by atoms with E-state index in [1.54, 1.807) is 0 Å². The number of carbonyl (C=O) groups is 2. The minimum Gasteiger partial charge on any atom is -0.475 e. The van der Waals surface area contributed by atoms with Crippen molar-refractivity contribution in [1.82, 2.24) is 10.2 Å². The van der Waals surface area contributed by atoms with Crippen LogP contribution < -0.4 is 5.32 Å². The van der Waals surface area contributed by atoms with Gasteiger partial charge in [-0.25, -0.2) is 4.79 Å². The van der Waals surface area contributed by atoms with Gasteiger partial charge >= 0.3 is 12.1 Å². The summed E-state index contributed by atoms with van der Waals surface area (Å²) in [6.45, 7) is 6.35. The van der Waals surface area contributed by atoms with Crippen molar-refractivity contribution in [3.05, 3.63) is 35.4 Å². The Hall–Kier alpha value is -2.09. The lowest BCUT2D eigenvalue weighted by Crippen LogP contribution is -2.40. The van der Waals surface area contributed by atoms with Crippen LogP contribution in [0.3, 0.4) is 0 Å². The lowest BCUT2D eigenvalue weighted by molar-refractivity contribution is -0.192. The molecule has 5 nitrogen and oxygen atoms in total. The number of benzene rings is 1. The van der Waals surface area contributed by atoms with Gasteiger partial charge in [0.1, 0.15) is 0 Å². The number of hydrogen-bond donors (Lipinski definition) is 2. The number of alkyl halides is 3. The summed E-state index contributed by atoms with van der Waals surface area (Å²) in [4.78, 5) is 22.8. The predicted octanol–water partition coefficient (Wildman–Crippen LogP) is 2.73. The van der Waals surface area contributed by atoms with Crippen LogP contribution in [0.2, 0.25) is 0 Å². The average molecular weight is 372 g/mol. The lowest BCUT2D eigenvalue weighted by Gasteiger charge is -2.38. The van der Waals surface area contributed by atoms with Crippen LogP contribution in [0.25, 0.3) is 0 Å². The molecule has 0 saturated carbocycles. The Kier molecular flexibility index (Phi) is 6.28. The Morgan fingerprint density at radius 1 is 1.27 bits per heavy atom. The van der Waals surface area contributed by atoms with Crippen LogP contribution in [0, 0.1) is 12.3 Å². The molecule has 1 spiro atoms. The number of hydrogen-bond acceptors (Lipinski definition) is 3. The zero-order valence-corrected chi connectivity index (χ0v) is 14.6. The van der Waals surface area contributed by atoms with E-state index in [9.17, 15) is 18.0 Å². The summed E-state index contributed by atoms with van der Waals surface area (Å²) in [5.74, 6) is -2.51. The molecule has 144 valence electrons. The van der Waals surface area contributed by atoms with Crippen molar-refractivity contribution < 1.29 is 27.9 Å². The van der Waals surface area contributed by atoms with Gasteiger partial charge in [0.15, 0.2) is 0 Å². The maximum absolute atomic E-state index is 11.4. The van der Waals surface area contributed by atoms with Gasteiger partial charge in [-0.15, -0.1) is 0 Å². The Morgan fingerprint density at radius 3 is 2.31 bits per heavy atom. The minimum absolute atomic E-state index is 0.243. The van der Waals surface area contributed by atoms with Crippen molar-refractivity contribution >= 4 is 11.9 Å². The normalized spacial score (nSPS) is 19.6. The van der Waals surface area contributed by atoms with Crippen molar-refractivity contribution in [2.45, 2.75) is 38.9 Å². The molecule has 1 aromatic rings. The molecule has 0 bridgehead atoms. The number of likely N-dealkylation sites (tertiary alicyclic amines) is 1. The third-order valence-electron chi connectivity index (χ3n) is 5.01. The van der Waals surface area contributed by atoms with Crippen molar-refractivity contribution in [2.75, 3.05) is 19.6 Å². The maximum atomic E-state index is 11.4. The summed E-state index contributed by atoms with van der Waals surface area (Å²) in [5, 5.41) is 10.1. The maximum Gasteiger partial charge on any atom is 0.490 e. The summed E-state index contributed by atoms with van der Waals surface area (Å²) in [6.07, 6.45) is -2.04. The number of amides is 1. The van der Waals surface area contributed by atoms with Gasteiger partial charge in [-0.2, -0.15) is 13.2 Å². The number of carboxylic acids is 1. The molecule has 2 aliphatic rings. The molecular weight excluding hydrogens is 349 g/mol. The molecule has 2 aliphatic heterocycles. The minimum atomic E-state index is -5.08. The number of aryl methyl sites for hydroxylation is 1. The molecule has 8 heteroatoms. The first-order valence-corrected chi connectivity index (χ1v) is 8.45. The fourth-order valence-corrected chi connectivity index (χ4v) is 3.32. The molecule has 0 aromatic heterocycles. The molecule has 2 fully saturated rings. The summed E-state index contributed by atoms with van der Waals surface area (Å²) in [6, 6.07) is 8.62. The second-order valence-electron chi connectivity index (χ2n) is 6.96. The first-order chi connectivity index (χ1) is 12.1. The van der Waals surface area contributed by atoms with Crippen LogP contribution in [-0.4, -0.2) is 47.7 Å². The van der Waals surface area contributed by atoms with E-state index in [2.05, 4.69) is 41.4 Å². The molecule has 1 amide bonds. The van der Waals surface area contributed by atoms with Crippen LogP contribution in [0.5, 0.6) is 0 Å². The van der Waals surface area contributed by atoms with Crippen LogP contribution in [0.4, 0.5) is 13.2 Å². The van der Waals surface area contributed by atoms with Crippen LogP contribution in [0.15, 0.2) is 24.3 Å². The third-order valence-corrected chi connectivity index (χ3v) is 5.01. The van der Waals surface area contributed by atoms with Gasteiger partial charge in [-0.05, 0) is 49.4 Å². The molecule has 0 atom stereocenters. The van der Waals surface area contributed by atoms with E-state index < -0.39 is 12.1 Å². The van der Waals surface area contributed by atoms with Crippen LogP contribution in [0.1, 0.15) is 30.4 Å². The molecule has 1 aromatic carbocycles. The lowest BCUT2D eigenvalue weighted by atomic mass is 9.77. The molecule has 2 N–H and O–H groups in total. The Balaban J connectivity index is 0.000000298. The second kappa shape index (κ2) is 8.07. The van der Waals surface area contributed by atoms with Gasteiger partial charge < -0.3 is 10.4 Å². The molecule has 2 saturated heterocycles. The quantitative estimate of drug-likeness (QED) is 0.838. The third kappa shape index (κ3) is 5.45. The fraction of sp³-hybridized carbons (Fsp3) is 0.556. The first kappa shape index (κ1) is 20.2. The molecule has 3 rings (SSSR count). The SMILES string of the molecule is Cc1ccccc1CN1CCC2(CC1)CNC(=O)C2.O=C(O)C(F)(F)F. The van der Waals surface area contributed by atoms with E-state index in [0.717, 1.165) is 45.4 Å². The number of piperidine rings is 1. The molecule has 26 heavy (non-hydrogen) atoms. The molecule has 0 radical (unpaired) electrons. The van der Waals surface area contributed by atoms with Gasteiger partial charge in [0, 0.05) is 19.5 Å². The van der Waals surface area contributed by atoms with Gasteiger partial charge in [0.25, 0.3) is 0 Å². The number of rotatable bonds is 2. The summed E-state index contributed by atoms with van der Waals surface area (Å²) < 4.78 is 31.7. The number of nitrogens with zero attached hydrogens (tertiary/aromatic N) is 1. The smallest absolute Gasteiger partial charge is 0.475 e. The highest BCUT2D eigenvalue weighted by Gasteiger charge is 2.40. The highest BCUT2D eigenvalue weighted by atomic mass is 19.4. The molecule has 2 heterocycles. The van der Waals surface area contributed by atoms with Crippen LogP contribution in [-0.2, 0) is 16.1 Å². The number of halogens is 3. The Labute approximate surface area is 150 Å². The van der Waals surface area contributed by atoms with Crippen molar-refractivity contribution in [2.24, 2.45) is 5.41 Å². The zero-order valence-electron chi connectivity index (χ0n) is 14.6. The van der Waals surface area contributed by atoms with E-state index in [4.69, 9.17) is 9.90 Å². The molecular formula is C18H23F3N2O3. The first-order valence-electron chi connectivity index (χ1n) is 8.45. The Bertz CT molecular complexity index is 653. The Morgan fingerprint density at radius 2 is 1.85 bits per heavy atom. The number of aliphatic carboxylic acids is 1. The summed E-state index contributed by atoms with van der Waals surface area (Å²) in [7, 11) is 0. The van der Waals surface area contributed by atoms with E-state index >= 15 is 0 Å². The average Bonchev–Trinajstić information content (AvgIpc) is 2.92. The number of carbonyl (C=O) groups excluding carboxylic acids is 1. The largest absolute Gasteiger partial charge is 0.490 e. The monoisotopic (exact) mass is 372 g/mol. The van der Waals surface area contributed by atoms with E-state index in [1.165, 1.54) is 11.1 Å². The van der Waals surface area contributed by atoms with Crippen molar-refractivity contribution in [3.8, 4) is 0 Å². The highest BCUT2D eigenvalue weighted by Crippen LogP contribution is 2.37. The zero-order chi connectivity index (χ0) is 19.4. The predicted molar refractivity (Wildman–Crippen MR) is 89.4 cm³/mol. The van der Waals surface area contributed by atoms with Gasteiger partial charge in [-0.3, -0.25) is 9.69 Å². The van der Waals surface area contributed by atoms with E-state index in [0.29, 0.717) is 0 Å². The van der Waals surface area contributed by atoms with Gasteiger partial charge in [-0.1, -0.05) is 24.3 Å². The second-order valence-corrected chi connectivity index (χ2v) is 6.96. The van der Waals surface area contributed by atoms with E-state index in [-0.39, 0.29) is 11.3 Å². The van der Waals surface area contributed by atoms with Crippen LogP contribution >= 0.6 is 0 Å². The number of carboxylic acid groups (broad SMARTS) is 1. The van der Waals surface area contributed by atoms with Crippen molar-refractivity contribution in [1.29, 1.82) is 0 Å². The van der Waals surface area contributed by atoms with Gasteiger partial charge in [0.05, 0.1) is 0 Å². The molecule has 0 aliphatic carbocycles. The number of nitrogens with one attached hydrogen (secondary N) is 1. The molecule has 0 unspecified atom stereocenters. The topological polar surface area (TPSA) is 69.6 Å².